The Kier molecular flexibility index (Phi) is 4.80. The number of carbonyl (C=O) groups excluding carboxylic acids is 1. The molecule has 1 atom stereocenters. The molecule has 0 aliphatic heterocycles. The largest absolute Gasteiger partial charge is 0.453 e. The lowest BCUT2D eigenvalue weighted by molar-refractivity contribution is -0.144. The standard InChI is InChI=1S/C18H19F3N6OS/c1-8-4-5-12-13(6-8)29-17(23-12)24-14(28)7-11-9(2)22-16-25-15(18(19,20)21)26-27(16)10(11)3/h8H,4-7H2,1-3H3,(H,23,24,28)/t8-/m0/s1. The van der Waals surface area contributed by atoms with Crippen LogP contribution in [0.2, 0.25) is 0 Å². The third kappa shape index (κ3) is 3.83. The Morgan fingerprint density at radius 3 is 2.76 bits per heavy atom. The van der Waals surface area contributed by atoms with Crippen LogP contribution in [0.4, 0.5) is 18.3 Å². The van der Waals surface area contributed by atoms with Crippen LogP contribution in [0.1, 0.15) is 46.7 Å². The second-order valence-electron chi connectivity index (χ2n) is 7.37. The Labute approximate surface area is 168 Å². The van der Waals surface area contributed by atoms with Gasteiger partial charge in [0, 0.05) is 21.8 Å². The van der Waals surface area contributed by atoms with Crippen LogP contribution in [0, 0.1) is 19.8 Å². The van der Waals surface area contributed by atoms with Gasteiger partial charge in [-0.05, 0) is 39.0 Å². The molecule has 3 heterocycles. The summed E-state index contributed by atoms with van der Waals surface area (Å²) in [4.78, 5) is 25.8. The van der Waals surface area contributed by atoms with Crippen LogP contribution >= 0.6 is 11.3 Å². The summed E-state index contributed by atoms with van der Waals surface area (Å²) in [6.45, 7) is 5.44. The first-order valence-electron chi connectivity index (χ1n) is 9.20. The molecule has 0 saturated heterocycles. The molecule has 1 N–H and O–H groups in total. The molecule has 0 saturated carbocycles. The third-order valence-electron chi connectivity index (χ3n) is 5.07. The van der Waals surface area contributed by atoms with E-state index in [4.69, 9.17) is 0 Å². The second kappa shape index (κ2) is 7.05. The fraction of sp³-hybridized carbons (Fsp3) is 0.500. The maximum absolute atomic E-state index is 12.9. The highest BCUT2D eigenvalue weighted by Crippen LogP contribution is 2.32. The van der Waals surface area contributed by atoms with Gasteiger partial charge < -0.3 is 5.32 Å². The molecule has 0 fully saturated rings. The Hall–Kier alpha value is -2.56. The fourth-order valence-electron chi connectivity index (χ4n) is 3.50. The molecule has 11 heteroatoms. The lowest BCUT2D eigenvalue weighted by Crippen LogP contribution is -2.17. The van der Waals surface area contributed by atoms with Crippen molar-refractivity contribution < 1.29 is 18.0 Å². The van der Waals surface area contributed by atoms with E-state index in [0.717, 1.165) is 29.5 Å². The highest BCUT2D eigenvalue weighted by Gasteiger charge is 2.37. The lowest BCUT2D eigenvalue weighted by Gasteiger charge is -2.15. The third-order valence-corrected chi connectivity index (χ3v) is 6.11. The van der Waals surface area contributed by atoms with E-state index in [1.165, 1.54) is 16.2 Å². The van der Waals surface area contributed by atoms with E-state index in [0.29, 0.717) is 28.0 Å². The zero-order chi connectivity index (χ0) is 20.9. The van der Waals surface area contributed by atoms with Crippen molar-refractivity contribution in [3.8, 4) is 0 Å². The van der Waals surface area contributed by atoms with Gasteiger partial charge in [-0.25, -0.2) is 14.5 Å². The van der Waals surface area contributed by atoms with Gasteiger partial charge in [-0.1, -0.05) is 6.92 Å². The highest BCUT2D eigenvalue weighted by atomic mass is 32.1. The number of hydrogen-bond acceptors (Lipinski definition) is 6. The maximum atomic E-state index is 12.9. The van der Waals surface area contributed by atoms with Gasteiger partial charge in [0.1, 0.15) is 0 Å². The average molecular weight is 424 g/mol. The van der Waals surface area contributed by atoms with E-state index in [2.05, 4.69) is 32.3 Å². The summed E-state index contributed by atoms with van der Waals surface area (Å²) in [5.74, 6) is -1.08. The minimum atomic E-state index is -4.66. The molecule has 0 unspecified atom stereocenters. The molecule has 0 aromatic carbocycles. The van der Waals surface area contributed by atoms with Crippen LogP contribution in [0.15, 0.2) is 0 Å². The van der Waals surface area contributed by atoms with Gasteiger partial charge in [-0.2, -0.15) is 18.2 Å². The monoisotopic (exact) mass is 424 g/mol. The fourth-order valence-corrected chi connectivity index (χ4v) is 4.69. The van der Waals surface area contributed by atoms with E-state index >= 15 is 0 Å². The zero-order valence-electron chi connectivity index (χ0n) is 16.1. The average Bonchev–Trinajstić information content (AvgIpc) is 3.21. The molecule has 7 nitrogen and oxygen atoms in total. The summed E-state index contributed by atoms with van der Waals surface area (Å²) in [5.41, 5.74) is 2.40. The quantitative estimate of drug-likeness (QED) is 0.695. The van der Waals surface area contributed by atoms with Gasteiger partial charge in [0.25, 0.3) is 11.6 Å². The molecular weight excluding hydrogens is 405 g/mol. The van der Waals surface area contributed by atoms with Crippen molar-refractivity contribution in [2.24, 2.45) is 5.92 Å². The normalized spacial score (nSPS) is 16.8. The number of aromatic nitrogens is 5. The number of rotatable bonds is 3. The molecule has 1 aliphatic carbocycles. The first-order chi connectivity index (χ1) is 13.6. The Morgan fingerprint density at radius 1 is 1.28 bits per heavy atom. The van der Waals surface area contributed by atoms with Crippen LogP contribution in [-0.4, -0.2) is 30.5 Å². The van der Waals surface area contributed by atoms with Crippen LogP contribution in [0.5, 0.6) is 0 Å². The number of hydrogen-bond donors (Lipinski definition) is 1. The molecule has 1 amide bonds. The molecule has 0 spiro atoms. The number of nitrogens with one attached hydrogen (secondary N) is 1. The van der Waals surface area contributed by atoms with Crippen LogP contribution in [0.3, 0.4) is 0 Å². The number of thiazole rings is 1. The van der Waals surface area contributed by atoms with Gasteiger partial charge in [-0.15, -0.1) is 16.4 Å². The summed E-state index contributed by atoms with van der Waals surface area (Å²) in [6.07, 6.45) is -1.73. The summed E-state index contributed by atoms with van der Waals surface area (Å²) in [6, 6.07) is 0. The zero-order valence-corrected chi connectivity index (χ0v) is 16.9. The minimum Gasteiger partial charge on any atom is -0.302 e. The predicted molar refractivity (Wildman–Crippen MR) is 101 cm³/mol. The number of carbonyl (C=O) groups is 1. The summed E-state index contributed by atoms with van der Waals surface area (Å²) in [5, 5.41) is 6.87. The summed E-state index contributed by atoms with van der Waals surface area (Å²) < 4.78 is 39.7. The predicted octanol–water partition coefficient (Wildman–Crippen LogP) is 3.52. The van der Waals surface area contributed by atoms with Gasteiger partial charge in [-0.3, -0.25) is 4.79 Å². The second-order valence-corrected chi connectivity index (χ2v) is 8.45. The number of fused-ring (bicyclic) bond motifs is 2. The number of aryl methyl sites for hydroxylation is 3. The Morgan fingerprint density at radius 2 is 2.03 bits per heavy atom. The molecule has 29 heavy (non-hydrogen) atoms. The first kappa shape index (κ1) is 19.7. The SMILES string of the molecule is Cc1nc2nc(C(F)(F)F)nn2c(C)c1CC(=O)Nc1nc2c(s1)C[C@@H](C)CC2. The van der Waals surface area contributed by atoms with Crippen LogP contribution in [0.25, 0.3) is 5.78 Å². The van der Waals surface area contributed by atoms with Gasteiger partial charge in [0.15, 0.2) is 5.13 Å². The van der Waals surface area contributed by atoms with E-state index in [1.807, 2.05) is 0 Å². The number of anilines is 1. The number of halogens is 3. The van der Waals surface area contributed by atoms with Crippen molar-refractivity contribution in [1.82, 2.24) is 24.6 Å². The molecule has 3 aromatic heterocycles. The van der Waals surface area contributed by atoms with E-state index in [9.17, 15) is 18.0 Å². The smallest absolute Gasteiger partial charge is 0.302 e. The maximum Gasteiger partial charge on any atom is 0.453 e. The molecule has 4 rings (SSSR count). The van der Waals surface area contributed by atoms with E-state index in [1.54, 1.807) is 13.8 Å². The van der Waals surface area contributed by atoms with Crippen molar-refractivity contribution in [2.45, 2.75) is 52.6 Å². The van der Waals surface area contributed by atoms with Crippen molar-refractivity contribution >= 4 is 28.2 Å². The topological polar surface area (TPSA) is 85.1 Å². The van der Waals surface area contributed by atoms with Crippen molar-refractivity contribution in [2.75, 3.05) is 5.32 Å². The van der Waals surface area contributed by atoms with Gasteiger partial charge >= 0.3 is 6.18 Å². The summed E-state index contributed by atoms with van der Waals surface area (Å²) >= 11 is 1.48. The first-order valence-corrected chi connectivity index (χ1v) is 10.0. The molecule has 154 valence electrons. The lowest BCUT2D eigenvalue weighted by atomic mass is 9.93. The van der Waals surface area contributed by atoms with Crippen molar-refractivity contribution in [1.29, 1.82) is 0 Å². The Balaban J connectivity index is 1.56. The summed E-state index contributed by atoms with van der Waals surface area (Å²) in [7, 11) is 0. The Bertz CT molecular complexity index is 1100. The van der Waals surface area contributed by atoms with E-state index < -0.39 is 12.0 Å². The molecule has 1 aliphatic rings. The van der Waals surface area contributed by atoms with Crippen molar-refractivity contribution in [3.05, 3.63) is 33.3 Å². The highest BCUT2D eigenvalue weighted by molar-refractivity contribution is 7.15. The molecule has 3 aromatic rings. The minimum absolute atomic E-state index is 0.0392. The van der Waals surface area contributed by atoms with E-state index in [-0.39, 0.29) is 18.1 Å². The van der Waals surface area contributed by atoms with Gasteiger partial charge in [0.2, 0.25) is 5.91 Å². The molecule has 0 bridgehead atoms. The molecule has 0 radical (unpaired) electrons. The number of nitrogens with zero attached hydrogens (tertiary/aromatic N) is 5. The van der Waals surface area contributed by atoms with Crippen LogP contribution < -0.4 is 5.32 Å². The molecular formula is C18H19F3N6OS. The van der Waals surface area contributed by atoms with Gasteiger partial charge in [0.05, 0.1) is 12.1 Å². The van der Waals surface area contributed by atoms with Crippen LogP contribution in [-0.2, 0) is 30.2 Å². The number of alkyl halides is 3. The number of amides is 1. The van der Waals surface area contributed by atoms with Crippen molar-refractivity contribution in [3.63, 3.8) is 0 Å².